The molecule has 1 amide bonds. The Kier molecular flexibility index (Phi) is 4.68. The molecule has 0 saturated heterocycles. The van der Waals surface area contributed by atoms with E-state index in [0.717, 1.165) is 0 Å². The van der Waals surface area contributed by atoms with Crippen molar-refractivity contribution in [2.45, 2.75) is 6.92 Å². The van der Waals surface area contributed by atoms with E-state index in [1.54, 1.807) is 31.2 Å². The first-order valence-corrected chi connectivity index (χ1v) is 6.55. The highest BCUT2D eigenvalue weighted by Gasteiger charge is 2.12. The van der Waals surface area contributed by atoms with Crippen molar-refractivity contribution in [3.8, 4) is 0 Å². The van der Waals surface area contributed by atoms with E-state index in [1.165, 1.54) is 30.3 Å². The van der Waals surface area contributed by atoms with E-state index in [0.29, 0.717) is 11.1 Å². The number of aromatic carboxylic acids is 1. The number of hydrogen-bond donors (Lipinski definition) is 2. The summed E-state index contributed by atoms with van der Waals surface area (Å²) in [7, 11) is 0. The third-order valence-electron chi connectivity index (χ3n) is 3.00. The predicted molar refractivity (Wildman–Crippen MR) is 82.1 cm³/mol. The summed E-state index contributed by atoms with van der Waals surface area (Å²) in [5.41, 5.74) is 1.12. The number of anilines is 1. The molecule has 0 aromatic heterocycles. The van der Waals surface area contributed by atoms with Crippen LogP contribution in [0.2, 0.25) is 0 Å². The Labute approximate surface area is 126 Å². The second-order valence-corrected chi connectivity index (χ2v) is 4.69. The normalized spacial score (nSPS) is 11.1. The van der Waals surface area contributed by atoms with Crippen LogP contribution in [0.15, 0.2) is 54.1 Å². The quantitative estimate of drug-likeness (QED) is 0.848. The van der Waals surface area contributed by atoms with E-state index in [4.69, 9.17) is 5.11 Å². The maximum absolute atomic E-state index is 13.1. The van der Waals surface area contributed by atoms with Crippen molar-refractivity contribution < 1.29 is 19.1 Å². The monoisotopic (exact) mass is 299 g/mol. The first kappa shape index (κ1) is 15.4. The van der Waals surface area contributed by atoms with Crippen LogP contribution in [0, 0.1) is 5.82 Å². The van der Waals surface area contributed by atoms with Crippen molar-refractivity contribution >= 4 is 23.6 Å². The summed E-state index contributed by atoms with van der Waals surface area (Å²) in [6.07, 6.45) is 1.53. The molecule has 0 saturated carbocycles. The van der Waals surface area contributed by atoms with Crippen LogP contribution in [0.4, 0.5) is 10.1 Å². The highest BCUT2D eigenvalue weighted by Crippen LogP contribution is 2.17. The number of nitrogens with one attached hydrogen (secondary N) is 1. The van der Waals surface area contributed by atoms with E-state index in [9.17, 15) is 14.0 Å². The average Bonchev–Trinajstić information content (AvgIpc) is 2.47. The largest absolute Gasteiger partial charge is 0.478 e. The van der Waals surface area contributed by atoms with Crippen molar-refractivity contribution in [1.82, 2.24) is 0 Å². The summed E-state index contributed by atoms with van der Waals surface area (Å²) in [6, 6.07) is 12.0. The predicted octanol–water partition coefficient (Wildman–Crippen LogP) is 3.57. The van der Waals surface area contributed by atoms with E-state index < -0.39 is 17.7 Å². The Balaban J connectivity index is 2.20. The molecule has 0 heterocycles. The summed E-state index contributed by atoms with van der Waals surface area (Å²) in [6.45, 7) is 1.57. The number of amides is 1. The first-order chi connectivity index (χ1) is 10.5. The van der Waals surface area contributed by atoms with Crippen LogP contribution in [0.5, 0.6) is 0 Å². The van der Waals surface area contributed by atoms with Crippen LogP contribution in [0.3, 0.4) is 0 Å². The molecule has 5 heteroatoms. The zero-order chi connectivity index (χ0) is 16.1. The fourth-order valence-electron chi connectivity index (χ4n) is 1.91. The van der Waals surface area contributed by atoms with Gasteiger partial charge in [0.05, 0.1) is 11.3 Å². The fraction of sp³-hybridized carbons (Fsp3) is 0.0588. The van der Waals surface area contributed by atoms with Gasteiger partial charge in [-0.2, -0.15) is 0 Å². The lowest BCUT2D eigenvalue weighted by Gasteiger charge is -2.08. The van der Waals surface area contributed by atoms with Gasteiger partial charge in [-0.25, -0.2) is 9.18 Å². The number of para-hydroxylation sites is 1. The molecule has 0 atom stereocenters. The summed E-state index contributed by atoms with van der Waals surface area (Å²) in [4.78, 5) is 23.2. The van der Waals surface area contributed by atoms with Gasteiger partial charge in [0.1, 0.15) is 5.82 Å². The highest BCUT2D eigenvalue weighted by molar-refractivity contribution is 6.09. The van der Waals surface area contributed by atoms with Gasteiger partial charge in [0, 0.05) is 5.57 Å². The second kappa shape index (κ2) is 6.67. The minimum atomic E-state index is -1.12. The number of carbonyl (C=O) groups is 2. The average molecular weight is 299 g/mol. The topological polar surface area (TPSA) is 66.4 Å². The number of halogens is 1. The minimum absolute atomic E-state index is 0.00871. The van der Waals surface area contributed by atoms with Gasteiger partial charge in [0.25, 0.3) is 5.91 Å². The number of carboxylic acids is 1. The van der Waals surface area contributed by atoms with Crippen molar-refractivity contribution in [2.24, 2.45) is 0 Å². The van der Waals surface area contributed by atoms with Crippen LogP contribution in [0.1, 0.15) is 22.8 Å². The molecule has 0 aliphatic rings. The Morgan fingerprint density at radius 1 is 1.14 bits per heavy atom. The van der Waals surface area contributed by atoms with Gasteiger partial charge in [-0.05, 0) is 42.8 Å². The van der Waals surface area contributed by atoms with Gasteiger partial charge < -0.3 is 10.4 Å². The molecule has 22 heavy (non-hydrogen) atoms. The molecule has 0 fully saturated rings. The SMILES string of the molecule is C/C(=C\c1cccc(F)c1)C(=O)Nc1ccccc1C(=O)O. The lowest BCUT2D eigenvalue weighted by atomic mass is 10.1. The van der Waals surface area contributed by atoms with E-state index in [1.807, 2.05) is 0 Å². The van der Waals surface area contributed by atoms with Gasteiger partial charge in [-0.1, -0.05) is 24.3 Å². The molecule has 0 bridgehead atoms. The minimum Gasteiger partial charge on any atom is -0.478 e. The molecule has 0 aliphatic heterocycles. The summed E-state index contributed by atoms with van der Waals surface area (Å²) in [5, 5.41) is 11.6. The molecule has 0 aliphatic carbocycles. The molecule has 2 aromatic carbocycles. The zero-order valence-electron chi connectivity index (χ0n) is 11.8. The molecule has 0 spiro atoms. The van der Waals surface area contributed by atoms with Crippen LogP contribution < -0.4 is 5.32 Å². The maximum atomic E-state index is 13.1. The number of benzene rings is 2. The molecular formula is C17H14FNO3. The van der Waals surface area contributed by atoms with E-state index in [-0.39, 0.29) is 11.3 Å². The van der Waals surface area contributed by atoms with Crippen molar-refractivity contribution in [3.05, 3.63) is 71.0 Å². The van der Waals surface area contributed by atoms with Crippen molar-refractivity contribution in [2.75, 3.05) is 5.32 Å². The van der Waals surface area contributed by atoms with Gasteiger partial charge in [-0.15, -0.1) is 0 Å². The second-order valence-electron chi connectivity index (χ2n) is 4.69. The summed E-state index contributed by atoms with van der Waals surface area (Å²) >= 11 is 0. The van der Waals surface area contributed by atoms with Crippen molar-refractivity contribution in [3.63, 3.8) is 0 Å². The van der Waals surface area contributed by atoms with E-state index in [2.05, 4.69) is 5.32 Å². The Bertz CT molecular complexity index is 753. The van der Waals surface area contributed by atoms with Gasteiger partial charge >= 0.3 is 5.97 Å². The number of carbonyl (C=O) groups excluding carboxylic acids is 1. The Morgan fingerprint density at radius 3 is 2.55 bits per heavy atom. The molecule has 2 aromatic rings. The molecule has 0 radical (unpaired) electrons. The van der Waals surface area contributed by atoms with Gasteiger partial charge in [-0.3, -0.25) is 4.79 Å². The van der Waals surface area contributed by atoms with Crippen LogP contribution in [-0.2, 0) is 4.79 Å². The van der Waals surface area contributed by atoms with Gasteiger partial charge in [0.2, 0.25) is 0 Å². The van der Waals surface area contributed by atoms with Crippen LogP contribution >= 0.6 is 0 Å². The van der Waals surface area contributed by atoms with Crippen LogP contribution in [-0.4, -0.2) is 17.0 Å². The van der Waals surface area contributed by atoms with Crippen LogP contribution in [0.25, 0.3) is 6.08 Å². The molecule has 112 valence electrons. The summed E-state index contributed by atoms with van der Waals surface area (Å²) < 4.78 is 13.1. The summed E-state index contributed by atoms with van der Waals surface area (Å²) in [5.74, 6) is -1.96. The standard InChI is InChI=1S/C17H14FNO3/c1-11(9-12-5-4-6-13(18)10-12)16(20)19-15-8-3-2-7-14(15)17(21)22/h2-10H,1H3,(H,19,20)(H,21,22)/b11-9+. The lowest BCUT2D eigenvalue weighted by molar-refractivity contribution is -0.112. The highest BCUT2D eigenvalue weighted by atomic mass is 19.1. The Hall–Kier alpha value is -2.95. The molecule has 4 nitrogen and oxygen atoms in total. The van der Waals surface area contributed by atoms with E-state index >= 15 is 0 Å². The van der Waals surface area contributed by atoms with Crippen molar-refractivity contribution in [1.29, 1.82) is 0 Å². The fourth-order valence-corrected chi connectivity index (χ4v) is 1.91. The molecule has 0 unspecified atom stereocenters. The Morgan fingerprint density at radius 2 is 1.86 bits per heavy atom. The van der Waals surface area contributed by atoms with Gasteiger partial charge in [0.15, 0.2) is 0 Å². The molecular weight excluding hydrogens is 285 g/mol. The lowest BCUT2D eigenvalue weighted by Crippen LogP contribution is -2.15. The smallest absolute Gasteiger partial charge is 0.337 e. The number of carboxylic acid groups (broad SMARTS) is 1. The third-order valence-corrected chi connectivity index (χ3v) is 3.00. The number of hydrogen-bond acceptors (Lipinski definition) is 2. The molecule has 2 N–H and O–H groups in total. The zero-order valence-corrected chi connectivity index (χ0v) is 11.8. The third kappa shape index (κ3) is 3.79. The maximum Gasteiger partial charge on any atom is 0.337 e. The number of rotatable bonds is 4. The molecule has 2 rings (SSSR count). The first-order valence-electron chi connectivity index (χ1n) is 6.55.